The molecule has 4 aromatic rings. The number of amides is 1. The second-order valence-corrected chi connectivity index (χ2v) is 8.14. The van der Waals surface area contributed by atoms with E-state index in [0.717, 1.165) is 22.2 Å². The van der Waals surface area contributed by atoms with Crippen LogP contribution >= 0.6 is 11.6 Å². The molecule has 0 aliphatic heterocycles. The molecule has 0 unspecified atom stereocenters. The Labute approximate surface area is 186 Å². The van der Waals surface area contributed by atoms with Crippen molar-refractivity contribution < 1.29 is 13.9 Å². The quantitative estimate of drug-likeness (QED) is 0.371. The van der Waals surface area contributed by atoms with E-state index >= 15 is 0 Å². The van der Waals surface area contributed by atoms with Crippen LogP contribution in [0.4, 0.5) is 5.69 Å². The van der Waals surface area contributed by atoms with Gasteiger partial charge in [-0.05, 0) is 72.5 Å². The first-order valence-corrected chi connectivity index (χ1v) is 10.5. The van der Waals surface area contributed by atoms with Gasteiger partial charge in [0, 0.05) is 16.3 Å². The Kier molecular flexibility index (Phi) is 5.96. The zero-order valence-electron chi connectivity index (χ0n) is 17.6. The van der Waals surface area contributed by atoms with Crippen molar-refractivity contribution in [2.45, 2.75) is 26.7 Å². The van der Waals surface area contributed by atoms with Gasteiger partial charge in [-0.2, -0.15) is 0 Å². The summed E-state index contributed by atoms with van der Waals surface area (Å²) >= 11 is 6.02. The van der Waals surface area contributed by atoms with E-state index in [4.69, 9.17) is 20.8 Å². The molecule has 0 saturated heterocycles. The van der Waals surface area contributed by atoms with Gasteiger partial charge in [0.25, 0.3) is 5.91 Å². The number of carbonyl (C=O) groups excluding carboxylic acids is 1. The lowest BCUT2D eigenvalue weighted by Gasteiger charge is -2.09. The van der Waals surface area contributed by atoms with E-state index in [0.29, 0.717) is 28.3 Å². The molecule has 5 nitrogen and oxygen atoms in total. The van der Waals surface area contributed by atoms with Crippen LogP contribution in [0.2, 0.25) is 5.02 Å². The van der Waals surface area contributed by atoms with Crippen LogP contribution in [0.3, 0.4) is 0 Å². The molecule has 0 saturated carbocycles. The summed E-state index contributed by atoms with van der Waals surface area (Å²) in [6.45, 7) is 6.07. The molecule has 158 valence electrons. The summed E-state index contributed by atoms with van der Waals surface area (Å²) in [5.41, 5.74) is 5.09. The van der Waals surface area contributed by atoms with Crippen LogP contribution in [0.1, 0.15) is 30.9 Å². The molecule has 1 amide bonds. The summed E-state index contributed by atoms with van der Waals surface area (Å²) in [4.78, 5) is 16.9. The maximum absolute atomic E-state index is 12.3. The molecule has 1 heterocycles. The summed E-state index contributed by atoms with van der Waals surface area (Å²) in [6.07, 6.45) is 0. The molecule has 0 aliphatic rings. The van der Waals surface area contributed by atoms with Gasteiger partial charge in [0.15, 0.2) is 12.2 Å². The first-order valence-electron chi connectivity index (χ1n) is 10.1. The third-order valence-electron chi connectivity index (χ3n) is 4.97. The molecule has 31 heavy (non-hydrogen) atoms. The van der Waals surface area contributed by atoms with Gasteiger partial charge in [-0.25, -0.2) is 4.98 Å². The molecule has 0 atom stereocenters. The lowest BCUT2D eigenvalue weighted by Crippen LogP contribution is -2.20. The standard InChI is InChI=1S/C25H23ClN2O3/c1-15(2)17-7-10-23-22(13-17)28-25(31-23)18-5-4-6-19(12-18)27-24(29)14-30-20-8-9-21(26)16(3)11-20/h4-13,15H,14H2,1-3H3,(H,27,29). The number of aromatic nitrogens is 1. The highest BCUT2D eigenvalue weighted by Crippen LogP contribution is 2.28. The average Bonchev–Trinajstić information content (AvgIpc) is 3.18. The van der Waals surface area contributed by atoms with E-state index in [9.17, 15) is 4.79 Å². The van der Waals surface area contributed by atoms with Crippen molar-refractivity contribution in [2.24, 2.45) is 0 Å². The number of nitrogens with zero attached hydrogens (tertiary/aromatic N) is 1. The molecular weight excluding hydrogens is 412 g/mol. The van der Waals surface area contributed by atoms with Crippen LogP contribution in [0.25, 0.3) is 22.6 Å². The third-order valence-corrected chi connectivity index (χ3v) is 5.39. The summed E-state index contributed by atoms with van der Waals surface area (Å²) in [5, 5.41) is 3.51. The topological polar surface area (TPSA) is 64.4 Å². The van der Waals surface area contributed by atoms with Gasteiger partial charge in [-0.3, -0.25) is 4.79 Å². The van der Waals surface area contributed by atoms with E-state index in [-0.39, 0.29) is 12.5 Å². The molecule has 1 aromatic heterocycles. The lowest BCUT2D eigenvalue weighted by molar-refractivity contribution is -0.118. The first-order chi connectivity index (χ1) is 14.9. The van der Waals surface area contributed by atoms with Crippen molar-refractivity contribution in [3.8, 4) is 17.2 Å². The number of benzene rings is 3. The highest BCUT2D eigenvalue weighted by atomic mass is 35.5. The van der Waals surface area contributed by atoms with Crippen molar-refractivity contribution in [3.05, 3.63) is 76.8 Å². The molecule has 0 spiro atoms. The Morgan fingerprint density at radius 3 is 2.74 bits per heavy atom. The monoisotopic (exact) mass is 434 g/mol. The summed E-state index contributed by atoms with van der Waals surface area (Å²) in [5.74, 6) is 1.27. The maximum atomic E-state index is 12.3. The van der Waals surface area contributed by atoms with E-state index < -0.39 is 0 Å². The van der Waals surface area contributed by atoms with E-state index in [1.807, 2.05) is 37.3 Å². The van der Waals surface area contributed by atoms with Gasteiger partial charge >= 0.3 is 0 Å². The number of ether oxygens (including phenoxy) is 1. The zero-order valence-corrected chi connectivity index (χ0v) is 18.4. The maximum Gasteiger partial charge on any atom is 0.262 e. The number of anilines is 1. The number of carbonyl (C=O) groups is 1. The minimum absolute atomic E-state index is 0.105. The molecule has 4 rings (SSSR count). The highest BCUT2D eigenvalue weighted by molar-refractivity contribution is 6.31. The van der Waals surface area contributed by atoms with Crippen molar-refractivity contribution in [1.82, 2.24) is 4.98 Å². The molecule has 0 fully saturated rings. The Morgan fingerprint density at radius 1 is 1.13 bits per heavy atom. The van der Waals surface area contributed by atoms with Gasteiger partial charge in [0.05, 0.1) is 0 Å². The predicted molar refractivity (Wildman–Crippen MR) is 124 cm³/mol. The van der Waals surface area contributed by atoms with E-state index in [1.165, 1.54) is 5.56 Å². The molecule has 0 aliphatic carbocycles. The smallest absolute Gasteiger partial charge is 0.262 e. The fourth-order valence-electron chi connectivity index (χ4n) is 3.21. The number of halogens is 1. The fraction of sp³-hybridized carbons (Fsp3) is 0.200. The highest BCUT2D eigenvalue weighted by Gasteiger charge is 2.12. The summed E-state index contributed by atoms with van der Waals surface area (Å²) in [7, 11) is 0. The number of hydrogen-bond acceptors (Lipinski definition) is 4. The van der Waals surface area contributed by atoms with Gasteiger partial charge in [0.2, 0.25) is 5.89 Å². The summed E-state index contributed by atoms with van der Waals surface area (Å²) < 4.78 is 11.5. The fourth-order valence-corrected chi connectivity index (χ4v) is 3.33. The lowest BCUT2D eigenvalue weighted by atomic mass is 10.0. The largest absolute Gasteiger partial charge is 0.484 e. The molecule has 6 heteroatoms. The Hall–Kier alpha value is -3.31. The molecule has 3 aromatic carbocycles. The number of hydrogen-bond donors (Lipinski definition) is 1. The second-order valence-electron chi connectivity index (χ2n) is 7.73. The zero-order chi connectivity index (χ0) is 22.0. The average molecular weight is 435 g/mol. The van der Waals surface area contributed by atoms with E-state index in [1.54, 1.807) is 18.2 Å². The third kappa shape index (κ3) is 4.89. The number of nitrogens with one attached hydrogen (secondary N) is 1. The van der Waals surface area contributed by atoms with Crippen LogP contribution in [-0.4, -0.2) is 17.5 Å². The van der Waals surface area contributed by atoms with Crippen LogP contribution in [-0.2, 0) is 4.79 Å². The Balaban J connectivity index is 1.46. The van der Waals surface area contributed by atoms with Crippen LogP contribution < -0.4 is 10.1 Å². The van der Waals surface area contributed by atoms with Crippen LogP contribution in [0.5, 0.6) is 5.75 Å². The number of aryl methyl sites for hydroxylation is 1. The Bertz CT molecular complexity index is 1250. The second kappa shape index (κ2) is 8.82. The van der Waals surface area contributed by atoms with Crippen molar-refractivity contribution in [3.63, 3.8) is 0 Å². The van der Waals surface area contributed by atoms with Gasteiger partial charge in [-0.1, -0.05) is 37.6 Å². The predicted octanol–water partition coefficient (Wildman–Crippen LogP) is 6.60. The van der Waals surface area contributed by atoms with Crippen molar-refractivity contribution in [2.75, 3.05) is 11.9 Å². The molecule has 0 radical (unpaired) electrons. The molecule has 0 bridgehead atoms. The normalized spacial score (nSPS) is 11.1. The van der Waals surface area contributed by atoms with Gasteiger partial charge in [0.1, 0.15) is 11.3 Å². The van der Waals surface area contributed by atoms with Crippen molar-refractivity contribution in [1.29, 1.82) is 0 Å². The first kappa shape index (κ1) is 20.9. The van der Waals surface area contributed by atoms with Crippen LogP contribution in [0.15, 0.2) is 65.1 Å². The number of oxazole rings is 1. The Morgan fingerprint density at radius 2 is 1.97 bits per heavy atom. The number of rotatable bonds is 6. The number of fused-ring (bicyclic) bond motifs is 1. The van der Waals surface area contributed by atoms with Gasteiger partial charge in [-0.15, -0.1) is 0 Å². The minimum Gasteiger partial charge on any atom is -0.484 e. The molecular formula is C25H23ClN2O3. The van der Waals surface area contributed by atoms with Crippen LogP contribution in [0, 0.1) is 6.92 Å². The van der Waals surface area contributed by atoms with E-state index in [2.05, 4.69) is 36.3 Å². The molecule has 1 N–H and O–H groups in total. The minimum atomic E-state index is -0.260. The summed E-state index contributed by atoms with van der Waals surface area (Å²) in [6, 6.07) is 18.7. The van der Waals surface area contributed by atoms with Gasteiger partial charge < -0.3 is 14.5 Å². The van der Waals surface area contributed by atoms with Crippen molar-refractivity contribution >= 4 is 34.3 Å². The SMILES string of the molecule is Cc1cc(OCC(=O)Nc2cccc(-c3nc4cc(C(C)C)ccc4o3)c2)ccc1Cl.